The van der Waals surface area contributed by atoms with Gasteiger partial charge in [-0.15, -0.1) is 0 Å². The second-order valence-electron chi connectivity index (χ2n) is 8.70. The summed E-state index contributed by atoms with van der Waals surface area (Å²) in [5.41, 5.74) is 2.75. The molecule has 0 aromatic heterocycles. The highest BCUT2D eigenvalue weighted by atomic mass is 32.2. The maximum Gasteiger partial charge on any atom is 0.339 e. The van der Waals surface area contributed by atoms with Crippen molar-refractivity contribution in [1.29, 1.82) is 0 Å². The Balaban J connectivity index is 0.000000631. The van der Waals surface area contributed by atoms with Crippen LogP contribution in [0.25, 0.3) is 0 Å². The van der Waals surface area contributed by atoms with Crippen molar-refractivity contribution in [1.82, 2.24) is 10.6 Å². The van der Waals surface area contributed by atoms with Crippen molar-refractivity contribution >= 4 is 27.5 Å². The summed E-state index contributed by atoms with van der Waals surface area (Å²) in [5, 5.41) is 7.90. The number of carbonyl (C=O) groups is 2. The number of amides is 2. The van der Waals surface area contributed by atoms with Crippen LogP contribution in [0.1, 0.15) is 42.1 Å². The zero-order valence-corrected chi connectivity index (χ0v) is 22.4. The summed E-state index contributed by atoms with van der Waals surface area (Å²) < 4.78 is 54.8. The van der Waals surface area contributed by atoms with E-state index < -0.39 is 50.1 Å². The molecule has 1 aliphatic rings. The van der Waals surface area contributed by atoms with Gasteiger partial charge >= 0.3 is 12.0 Å². The first kappa shape index (κ1) is 29.7. The quantitative estimate of drug-likeness (QED) is 0.286. The van der Waals surface area contributed by atoms with Gasteiger partial charge in [0.1, 0.15) is 5.69 Å². The zero-order valence-electron chi connectivity index (χ0n) is 21.6. The smallest absolute Gasteiger partial charge is 0.331 e. The maximum atomic E-state index is 14.6. The lowest BCUT2D eigenvalue weighted by atomic mass is 10.1. The Morgan fingerprint density at radius 2 is 1.64 bits per heavy atom. The minimum absolute atomic E-state index is 0.388. The van der Waals surface area contributed by atoms with E-state index in [1.165, 1.54) is 14.0 Å². The third-order valence-electron chi connectivity index (χ3n) is 5.72. The van der Waals surface area contributed by atoms with Crippen LogP contribution in [0.2, 0.25) is 0 Å². The predicted octanol–water partition coefficient (Wildman–Crippen LogP) is 4.54. The van der Waals surface area contributed by atoms with Gasteiger partial charge in [0.2, 0.25) is 0 Å². The summed E-state index contributed by atoms with van der Waals surface area (Å²) in [6.45, 7) is 4.37. The van der Waals surface area contributed by atoms with Gasteiger partial charge in [-0.1, -0.05) is 48.5 Å². The number of sulfone groups is 1. The van der Waals surface area contributed by atoms with Gasteiger partial charge < -0.3 is 16.0 Å². The van der Waals surface area contributed by atoms with Gasteiger partial charge in [0, 0.05) is 20.0 Å². The fraction of sp³-hybridized carbons (Fsp3) is 0.259. The van der Waals surface area contributed by atoms with Crippen LogP contribution in [-0.2, 0) is 43.2 Å². The molecule has 1 unspecified atom stereocenters. The number of fused-ring (bicyclic) bond motifs is 1. The molecule has 3 N–H and O–H groups in total. The number of benzene rings is 3. The number of nitrogens with one attached hydrogen (secondary N) is 3. The molecule has 9 nitrogen and oxygen atoms in total. The maximum absolute atomic E-state index is 14.6. The van der Waals surface area contributed by atoms with Gasteiger partial charge in [-0.2, -0.15) is 4.89 Å². The van der Waals surface area contributed by atoms with Crippen LogP contribution in [-0.4, -0.2) is 27.5 Å². The molecule has 4 rings (SSSR count). The molecular formula is C27H29F2N3O6S. The van der Waals surface area contributed by atoms with Crippen molar-refractivity contribution < 1.29 is 36.6 Å². The summed E-state index contributed by atoms with van der Waals surface area (Å²) in [7, 11) is -2.73. The van der Waals surface area contributed by atoms with Crippen LogP contribution in [0.15, 0.2) is 65.6 Å². The van der Waals surface area contributed by atoms with E-state index in [1.54, 1.807) is 19.1 Å². The van der Waals surface area contributed by atoms with Crippen molar-refractivity contribution in [3.05, 3.63) is 94.6 Å². The molecule has 0 saturated carbocycles. The van der Waals surface area contributed by atoms with Crippen LogP contribution in [0.5, 0.6) is 0 Å². The van der Waals surface area contributed by atoms with E-state index in [9.17, 15) is 26.8 Å². The molecule has 2 amide bonds. The normalized spacial score (nSPS) is 12.9. The second kappa shape index (κ2) is 13.3. The van der Waals surface area contributed by atoms with E-state index in [1.807, 2.05) is 36.4 Å². The van der Waals surface area contributed by atoms with Crippen molar-refractivity contribution in [2.45, 2.75) is 43.6 Å². The largest absolute Gasteiger partial charge is 0.339 e. The molecule has 3 aromatic carbocycles. The minimum Gasteiger partial charge on any atom is -0.331 e. The topological polar surface area (TPSA) is 123 Å². The lowest BCUT2D eigenvalue weighted by molar-refractivity contribution is -0.252. The Morgan fingerprint density at radius 3 is 2.23 bits per heavy atom. The average Bonchev–Trinajstić information content (AvgIpc) is 3.34. The molecule has 1 aliphatic heterocycles. The lowest BCUT2D eigenvalue weighted by Gasteiger charge is -2.16. The van der Waals surface area contributed by atoms with E-state index >= 15 is 0 Å². The lowest BCUT2D eigenvalue weighted by Crippen LogP contribution is -2.31. The zero-order chi connectivity index (χ0) is 28.6. The summed E-state index contributed by atoms with van der Waals surface area (Å²) in [6.07, 6.45) is 0. The summed E-state index contributed by atoms with van der Waals surface area (Å²) in [6, 6.07) is 14.6. The fourth-order valence-corrected chi connectivity index (χ4v) is 5.23. The molecule has 0 aliphatic carbocycles. The highest BCUT2D eigenvalue weighted by molar-refractivity contribution is 7.90. The van der Waals surface area contributed by atoms with Gasteiger partial charge in [-0.3, -0.25) is 4.89 Å². The molecular weight excluding hydrogens is 532 g/mol. The van der Waals surface area contributed by atoms with E-state index in [0.29, 0.717) is 12.1 Å². The van der Waals surface area contributed by atoms with Gasteiger partial charge in [0.25, 0.3) is 0 Å². The first-order valence-corrected chi connectivity index (χ1v) is 13.5. The molecule has 0 spiro atoms. The fourth-order valence-electron chi connectivity index (χ4n) is 3.88. The molecule has 0 radical (unpaired) electrons. The average molecular weight is 562 g/mol. The highest BCUT2D eigenvalue weighted by Gasteiger charge is 2.23. The van der Waals surface area contributed by atoms with Crippen molar-refractivity contribution in [2.75, 3.05) is 12.4 Å². The van der Waals surface area contributed by atoms with Gasteiger partial charge in [0.15, 0.2) is 21.5 Å². The van der Waals surface area contributed by atoms with E-state index in [2.05, 4.69) is 25.7 Å². The Morgan fingerprint density at radius 1 is 1.00 bits per heavy atom. The molecule has 1 heterocycles. The van der Waals surface area contributed by atoms with Crippen molar-refractivity contribution in [3.8, 4) is 0 Å². The number of rotatable bonds is 7. The molecule has 1 atom stereocenters. The Hall–Kier alpha value is -3.87. The molecule has 0 fully saturated rings. The van der Waals surface area contributed by atoms with Gasteiger partial charge in [-0.25, -0.2) is 26.8 Å². The van der Waals surface area contributed by atoms with E-state index in [0.717, 1.165) is 35.4 Å². The van der Waals surface area contributed by atoms with Crippen LogP contribution in [0.4, 0.5) is 19.3 Å². The van der Waals surface area contributed by atoms with Gasteiger partial charge in [-0.05, 0) is 41.3 Å². The van der Waals surface area contributed by atoms with E-state index in [4.69, 9.17) is 0 Å². The molecule has 208 valence electrons. The predicted molar refractivity (Wildman–Crippen MR) is 140 cm³/mol. The monoisotopic (exact) mass is 561 g/mol. The third kappa shape index (κ3) is 8.31. The van der Waals surface area contributed by atoms with Crippen LogP contribution in [0.3, 0.4) is 0 Å². The summed E-state index contributed by atoms with van der Waals surface area (Å²) >= 11 is 0. The number of hydrogen-bond acceptors (Lipinski definition) is 7. The summed E-state index contributed by atoms with van der Waals surface area (Å²) in [5.74, 6) is -3.16. The van der Waals surface area contributed by atoms with Crippen LogP contribution in [0, 0.1) is 11.6 Å². The molecule has 39 heavy (non-hydrogen) atoms. The molecule has 0 saturated heterocycles. The number of hydrogen-bond donors (Lipinski definition) is 3. The molecule has 12 heteroatoms. The van der Waals surface area contributed by atoms with Crippen molar-refractivity contribution in [3.63, 3.8) is 0 Å². The standard InChI is InChI=1S/C24H23F2N3O3S.C3H6O3/c1-15(17-5-3-2-4-6-17)28-24(30)29-23-21(25)10-20(11-22(23)26)33(31,32)14-16-7-8-18-12-27-13-19(18)9-16;1-3(4)6-5-2/h2-11,15,27H,12-14H2,1H3,(H2,28,29,30);1-2H3. The van der Waals surface area contributed by atoms with Crippen LogP contribution < -0.4 is 16.0 Å². The van der Waals surface area contributed by atoms with E-state index in [-0.39, 0.29) is 5.75 Å². The first-order chi connectivity index (χ1) is 18.5. The van der Waals surface area contributed by atoms with Crippen molar-refractivity contribution in [2.24, 2.45) is 0 Å². The Bertz CT molecular complexity index is 1410. The van der Waals surface area contributed by atoms with Gasteiger partial charge in [0.05, 0.1) is 23.8 Å². The minimum atomic E-state index is -4.00. The summed E-state index contributed by atoms with van der Waals surface area (Å²) in [4.78, 5) is 29.3. The number of halogens is 2. The number of anilines is 1. The third-order valence-corrected chi connectivity index (χ3v) is 7.39. The SMILES string of the molecule is CC(NC(=O)Nc1c(F)cc(S(=O)(=O)Cc2ccc3c(c2)CNC3)cc1F)c1ccccc1.COOC(C)=O. The highest BCUT2D eigenvalue weighted by Crippen LogP contribution is 2.27. The Labute approximate surface area is 225 Å². The molecule has 3 aromatic rings. The number of carbonyl (C=O) groups excluding carboxylic acids is 2. The first-order valence-electron chi connectivity index (χ1n) is 11.9. The number of urea groups is 1. The Kier molecular flexibility index (Phi) is 10.1. The van der Waals surface area contributed by atoms with Crippen LogP contribution >= 0.6 is 0 Å². The molecule has 0 bridgehead atoms. The second-order valence-corrected chi connectivity index (χ2v) is 10.7.